The van der Waals surface area contributed by atoms with Crippen LogP contribution in [-0.2, 0) is 25.5 Å². The first-order valence-electron chi connectivity index (χ1n) is 7.83. The van der Waals surface area contributed by atoms with Crippen LogP contribution in [0, 0.1) is 0 Å². The summed E-state index contributed by atoms with van der Waals surface area (Å²) in [5.41, 5.74) is 2.40. The second-order valence-corrected chi connectivity index (χ2v) is 5.60. The van der Waals surface area contributed by atoms with Gasteiger partial charge in [0.2, 0.25) is 5.91 Å². The number of rotatable bonds is 6. The van der Waals surface area contributed by atoms with E-state index in [-0.39, 0.29) is 37.4 Å². The first kappa shape index (κ1) is 17.0. The number of benzene rings is 1. The van der Waals surface area contributed by atoms with Gasteiger partial charge in [0.05, 0.1) is 12.5 Å². The molecule has 23 heavy (non-hydrogen) atoms. The van der Waals surface area contributed by atoms with E-state index in [0.717, 1.165) is 24.8 Å². The maximum absolute atomic E-state index is 11.9. The van der Waals surface area contributed by atoms with E-state index in [4.69, 9.17) is 4.74 Å². The average Bonchev–Trinajstić information content (AvgIpc) is 2.53. The summed E-state index contributed by atoms with van der Waals surface area (Å²) in [6.07, 6.45) is 3.00. The normalized spacial score (nSPS) is 16.1. The van der Waals surface area contributed by atoms with E-state index in [9.17, 15) is 14.4 Å². The predicted molar refractivity (Wildman–Crippen MR) is 84.5 cm³/mol. The first-order valence-corrected chi connectivity index (χ1v) is 7.83. The van der Waals surface area contributed by atoms with Crippen molar-refractivity contribution in [3.8, 4) is 0 Å². The fourth-order valence-electron chi connectivity index (χ4n) is 2.70. The molecule has 0 bridgehead atoms. The van der Waals surface area contributed by atoms with Crippen LogP contribution < -0.4 is 10.6 Å². The minimum absolute atomic E-state index is 0.0227. The van der Waals surface area contributed by atoms with E-state index in [2.05, 4.69) is 16.7 Å². The van der Waals surface area contributed by atoms with Crippen LogP contribution in [0.2, 0.25) is 0 Å². The molecule has 1 aliphatic rings. The van der Waals surface area contributed by atoms with Gasteiger partial charge in [-0.05, 0) is 30.4 Å². The van der Waals surface area contributed by atoms with Crippen molar-refractivity contribution < 1.29 is 19.1 Å². The van der Waals surface area contributed by atoms with Gasteiger partial charge < -0.3 is 15.4 Å². The Bertz CT molecular complexity index is 586. The highest BCUT2D eigenvalue weighted by atomic mass is 16.5. The summed E-state index contributed by atoms with van der Waals surface area (Å²) in [6.45, 7) is 1.30. The SMILES string of the molecule is CC(=O)NCCC(=O)OCC(=O)N[C@@H]1CCCc2ccccc21. The van der Waals surface area contributed by atoms with E-state index in [1.54, 1.807) is 0 Å². The standard InChI is InChI=1S/C17H22N2O4/c1-12(20)18-10-9-17(22)23-11-16(21)19-15-8-4-6-13-5-2-3-7-14(13)15/h2-3,5,7,15H,4,6,8-11H2,1H3,(H,18,20)(H,19,21)/t15-/m1/s1. The van der Waals surface area contributed by atoms with Crippen LogP contribution in [0.3, 0.4) is 0 Å². The van der Waals surface area contributed by atoms with Crippen molar-refractivity contribution in [3.63, 3.8) is 0 Å². The molecule has 0 saturated carbocycles. The van der Waals surface area contributed by atoms with Gasteiger partial charge in [0.1, 0.15) is 0 Å². The minimum atomic E-state index is -0.502. The second kappa shape index (κ2) is 8.31. The number of nitrogens with one attached hydrogen (secondary N) is 2. The van der Waals surface area contributed by atoms with Crippen molar-refractivity contribution in [1.82, 2.24) is 10.6 Å². The topological polar surface area (TPSA) is 84.5 Å². The number of carbonyl (C=O) groups is 3. The number of hydrogen-bond donors (Lipinski definition) is 2. The lowest BCUT2D eigenvalue weighted by Gasteiger charge is -2.26. The van der Waals surface area contributed by atoms with Crippen molar-refractivity contribution in [2.45, 2.75) is 38.6 Å². The summed E-state index contributed by atoms with van der Waals surface area (Å²) < 4.78 is 4.91. The highest BCUT2D eigenvalue weighted by molar-refractivity contribution is 5.81. The number of amides is 2. The molecule has 0 saturated heterocycles. The monoisotopic (exact) mass is 318 g/mol. The van der Waals surface area contributed by atoms with Gasteiger partial charge in [-0.3, -0.25) is 14.4 Å². The van der Waals surface area contributed by atoms with Gasteiger partial charge in [0, 0.05) is 13.5 Å². The molecule has 0 aromatic heterocycles. The van der Waals surface area contributed by atoms with Crippen LogP contribution >= 0.6 is 0 Å². The summed E-state index contributed by atoms with van der Waals surface area (Å²) in [7, 11) is 0. The Morgan fingerprint density at radius 1 is 1.26 bits per heavy atom. The van der Waals surface area contributed by atoms with Crippen LogP contribution in [-0.4, -0.2) is 30.9 Å². The number of ether oxygens (including phenoxy) is 1. The summed E-state index contributed by atoms with van der Waals surface area (Å²) in [4.78, 5) is 34.1. The van der Waals surface area contributed by atoms with E-state index < -0.39 is 5.97 Å². The molecule has 1 aliphatic carbocycles. The lowest BCUT2D eigenvalue weighted by atomic mass is 9.88. The number of fused-ring (bicyclic) bond motifs is 1. The maximum atomic E-state index is 11.9. The molecule has 6 heteroatoms. The van der Waals surface area contributed by atoms with E-state index >= 15 is 0 Å². The smallest absolute Gasteiger partial charge is 0.308 e. The molecule has 1 atom stereocenters. The zero-order chi connectivity index (χ0) is 16.7. The fourth-order valence-corrected chi connectivity index (χ4v) is 2.70. The van der Waals surface area contributed by atoms with Crippen molar-refractivity contribution in [3.05, 3.63) is 35.4 Å². The van der Waals surface area contributed by atoms with Crippen molar-refractivity contribution in [2.75, 3.05) is 13.2 Å². The molecule has 1 aromatic carbocycles. The number of esters is 1. The van der Waals surface area contributed by atoms with Crippen LogP contribution in [0.25, 0.3) is 0 Å². The molecule has 124 valence electrons. The van der Waals surface area contributed by atoms with Crippen LogP contribution in [0.1, 0.15) is 43.4 Å². The quantitative estimate of drug-likeness (QED) is 0.773. The van der Waals surface area contributed by atoms with Gasteiger partial charge in [-0.1, -0.05) is 24.3 Å². The molecule has 0 unspecified atom stereocenters. The molecule has 0 radical (unpaired) electrons. The number of aryl methyl sites for hydroxylation is 1. The van der Waals surface area contributed by atoms with Gasteiger partial charge in [0.25, 0.3) is 5.91 Å². The molecular weight excluding hydrogens is 296 g/mol. The van der Waals surface area contributed by atoms with Gasteiger partial charge in [0.15, 0.2) is 6.61 Å². The van der Waals surface area contributed by atoms with Crippen molar-refractivity contribution in [1.29, 1.82) is 0 Å². The lowest BCUT2D eigenvalue weighted by molar-refractivity contribution is -0.148. The summed E-state index contributed by atoms with van der Waals surface area (Å²) in [6, 6.07) is 8.05. The van der Waals surface area contributed by atoms with E-state index in [1.165, 1.54) is 12.5 Å². The third-order valence-electron chi connectivity index (χ3n) is 3.77. The third kappa shape index (κ3) is 5.39. The van der Waals surface area contributed by atoms with Gasteiger partial charge in [-0.15, -0.1) is 0 Å². The number of carbonyl (C=O) groups excluding carboxylic acids is 3. The lowest BCUT2D eigenvalue weighted by Crippen LogP contribution is -2.34. The molecule has 1 aromatic rings. The third-order valence-corrected chi connectivity index (χ3v) is 3.77. The van der Waals surface area contributed by atoms with Crippen LogP contribution in [0.5, 0.6) is 0 Å². The maximum Gasteiger partial charge on any atom is 0.308 e. The van der Waals surface area contributed by atoms with E-state index in [0.29, 0.717) is 0 Å². The zero-order valence-electron chi connectivity index (χ0n) is 13.3. The molecule has 2 amide bonds. The molecule has 0 fully saturated rings. The van der Waals surface area contributed by atoms with Crippen molar-refractivity contribution >= 4 is 17.8 Å². The molecule has 2 N–H and O–H groups in total. The Labute approximate surface area is 135 Å². The summed E-state index contributed by atoms with van der Waals surface area (Å²) >= 11 is 0. The van der Waals surface area contributed by atoms with Crippen LogP contribution in [0.4, 0.5) is 0 Å². The molecule has 2 rings (SSSR count). The molecule has 0 heterocycles. The predicted octanol–water partition coefficient (Wildman–Crippen LogP) is 1.25. The highest BCUT2D eigenvalue weighted by Gasteiger charge is 2.21. The Morgan fingerprint density at radius 2 is 2.04 bits per heavy atom. The molecular formula is C17H22N2O4. The Morgan fingerprint density at radius 3 is 2.83 bits per heavy atom. The number of hydrogen-bond acceptors (Lipinski definition) is 4. The molecule has 0 aliphatic heterocycles. The Hall–Kier alpha value is -2.37. The Kier molecular flexibility index (Phi) is 6.14. The first-order chi connectivity index (χ1) is 11.1. The molecule has 6 nitrogen and oxygen atoms in total. The summed E-state index contributed by atoms with van der Waals surface area (Å²) in [5.74, 6) is -1.01. The fraction of sp³-hybridized carbons (Fsp3) is 0.471. The highest BCUT2D eigenvalue weighted by Crippen LogP contribution is 2.29. The van der Waals surface area contributed by atoms with Gasteiger partial charge in [-0.2, -0.15) is 0 Å². The zero-order valence-corrected chi connectivity index (χ0v) is 13.3. The van der Waals surface area contributed by atoms with Crippen molar-refractivity contribution in [2.24, 2.45) is 0 Å². The van der Waals surface area contributed by atoms with Gasteiger partial charge in [-0.25, -0.2) is 0 Å². The molecule has 0 spiro atoms. The minimum Gasteiger partial charge on any atom is -0.456 e. The second-order valence-electron chi connectivity index (χ2n) is 5.60. The largest absolute Gasteiger partial charge is 0.456 e. The van der Waals surface area contributed by atoms with Gasteiger partial charge >= 0.3 is 5.97 Å². The van der Waals surface area contributed by atoms with E-state index in [1.807, 2.05) is 18.2 Å². The summed E-state index contributed by atoms with van der Waals surface area (Å²) in [5, 5.41) is 5.42. The Balaban J connectivity index is 1.75. The van der Waals surface area contributed by atoms with Crippen LogP contribution in [0.15, 0.2) is 24.3 Å². The average molecular weight is 318 g/mol.